The molecule has 5 rings (SSSR count). The molecule has 32 heavy (non-hydrogen) atoms. The highest BCUT2D eigenvalue weighted by atomic mass is 32.2. The molecule has 1 aliphatic heterocycles. The first kappa shape index (κ1) is 21.1. The molecule has 1 fully saturated rings. The van der Waals surface area contributed by atoms with E-state index >= 15 is 0 Å². The summed E-state index contributed by atoms with van der Waals surface area (Å²) in [4.78, 5) is -0.00602. The number of fused-ring (bicyclic) bond motifs is 1. The van der Waals surface area contributed by atoms with Crippen molar-refractivity contribution >= 4 is 21.5 Å². The Bertz CT molecular complexity index is 1270. The van der Waals surface area contributed by atoms with Gasteiger partial charge in [-0.05, 0) is 42.4 Å². The van der Waals surface area contributed by atoms with E-state index in [1.165, 1.54) is 17.7 Å². The minimum atomic E-state index is -3.61. The van der Waals surface area contributed by atoms with Gasteiger partial charge in [0.05, 0.1) is 22.8 Å². The van der Waals surface area contributed by atoms with Gasteiger partial charge < -0.3 is 5.32 Å². The largest absolute Gasteiger partial charge is 0.336 e. The van der Waals surface area contributed by atoms with Crippen LogP contribution in [-0.4, -0.2) is 28.4 Å². The number of benzene rings is 1. The topological polar surface area (TPSA) is 105 Å². The van der Waals surface area contributed by atoms with Gasteiger partial charge in [-0.1, -0.05) is 20.8 Å². The number of halogens is 1. The van der Waals surface area contributed by atoms with Gasteiger partial charge in [0, 0.05) is 36.0 Å². The summed E-state index contributed by atoms with van der Waals surface area (Å²) in [6.07, 6.45) is 7.13. The van der Waals surface area contributed by atoms with Crippen molar-refractivity contribution in [3.8, 4) is 0 Å². The lowest BCUT2D eigenvalue weighted by atomic mass is 9.90. The number of rotatable bonds is 4. The maximum Gasteiger partial charge on any atom is 0.241 e. The fourth-order valence-electron chi connectivity index (χ4n) is 4.51. The monoisotopic (exact) mass is 458 g/mol. The smallest absolute Gasteiger partial charge is 0.241 e. The minimum Gasteiger partial charge on any atom is -0.336 e. The molecule has 2 aliphatic rings. The number of hydrogen-bond donors (Lipinski definition) is 3. The molecule has 1 saturated carbocycles. The summed E-state index contributed by atoms with van der Waals surface area (Å²) in [6.45, 7) is 6.51. The standard InChI is InChI=1S/C22H27FN6O2S/c1-22(2,3)14-10-24-29(12-14)15-5-4-13(8-15)18-9-20(28-27-18)26-17-6-7-19-16(21(17)23)11-25-32(19,30)31/h6-7,9-10,12-13,15,25H,4-5,8,11H2,1-3H3,(H2,26,27,28)/t13-,15+/m0/s1. The third-order valence-corrected chi connectivity index (χ3v) is 7.96. The fourth-order valence-corrected chi connectivity index (χ4v) is 5.74. The van der Waals surface area contributed by atoms with E-state index in [0.29, 0.717) is 17.8 Å². The third kappa shape index (κ3) is 3.71. The average molecular weight is 459 g/mol. The van der Waals surface area contributed by atoms with Crippen molar-refractivity contribution in [2.45, 2.75) is 68.8 Å². The Morgan fingerprint density at radius 3 is 2.81 bits per heavy atom. The summed E-state index contributed by atoms with van der Waals surface area (Å²) < 4.78 is 43.0. The highest BCUT2D eigenvalue weighted by molar-refractivity contribution is 7.89. The van der Waals surface area contributed by atoms with Crippen molar-refractivity contribution in [2.75, 3.05) is 5.32 Å². The number of hydrogen-bond acceptors (Lipinski definition) is 5. The van der Waals surface area contributed by atoms with Crippen LogP contribution in [0.2, 0.25) is 0 Å². The van der Waals surface area contributed by atoms with Gasteiger partial charge in [0.15, 0.2) is 11.6 Å². The van der Waals surface area contributed by atoms with Crippen LogP contribution in [0.1, 0.15) is 68.8 Å². The molecule has 3 N–H and O–H groups in total. The van der Waals surface area contributed by atoms with Crippen LogP contribution in [0.3, 0.4) is 0 Å². The predicted molar refractivity (Wildman–Crippen MR) is 119 cm³/mol. The van der Waals surface area contributed by atoms with E-state index in [1.54, 1.807) is 0 Å². The Kier molecular flexibility index (Phi) is 4.90. The zero-order valence-corrected chi connectivity index (χ0v) is 19.1. The van der Waals surface area contributed by atoms with Gasteiger partial charge in [-0.2, -0.15) is 10.2 Å². The number of anilines is 2. The number of aromatic nitrogens is 4. The van der Waals surface area contributed by atoms with Crippen LogP contribution in [0.5, 0.6) is 0 Å². The Labute approximate surface area is 186 Å². The first-order valence-corrected chi connectivity index (χ1v) is 12.3. The molecule has 2 aromatic heterocycles. The fraction of sp³-hybridized carbons (Fsp3) is 0.455. The van der Waals surface area contributed by atoms with Gasteiger partial charge in [0.1, 0.15) is 0 Å². The Hall–Kier alpha value is -2.72. The van der Waals surface area contributed by atoms with Gasteiger partial charge in [-0.3, -0.25) is 9.78 Å². The summed E-state index contributed by atoms with van der Waals surface area (Å²) in [6, 6.07) is 5.10. The van der Waals surface area contributed by atoms with Gasteiger partial charge in [-0.15, -0.1) is 0 Å². The molecule has 0 radical (unpaired) electrons. The molecule has 0 bridgehead atoms. The second kappa shape index (κ2) is 7.41. The van der Waals surface area contributed by atoms with E-state index in [9.17, 15) is 12.8 Å². The average Bonchev–Trinajstić information content (AvgIpc) is 3.49. The van der Waals surface area contributed by atoms with Gasteiger partial charge >= 0.3 is 0 Å². The lowest BCUT2D eigenvalue weighted by molar-refractivity contribution is 0.458. The number of sulfonamides is 1. The second-order valence-electron chi connectivity index (χ2n) is 9.68. The van der Waals surface area contributed by atoms with Crippen LogP contribution < -0.4 is 10.0 Å². The molecule has 1 aromatic carbocycles. The van der Waals surface area contributed by atoms with E-state index in [4.69, 9.17) is 0 Å². The number of aromatic amines is 1. The molecular weight excluding hydrogens is 431 g/mol. The molecule has 8 nitrogen and oxygen atoms in total. The van der Waals surface area contributed by atoms with E-state index in [-0.39, 0.29) is 28.1 Å². The molecule has 2 atom stereocenters. The molecule has 170 valence electrons. The van der Waals surface area contributed by atoms with Crippen molar-refractivity contribution in [1.82, 2.24) is 24.7 Å². The van der Waals surface area contributed by atoms with Gasteiger partial charge in [-0.25, -0.2) is 17.5 Å². The van der Waals surface area contributed by atoms with Crippen LogP contribution in [0.4, 0.5) is 15.9 Å². The highest BCUT2D eigenvalue weighted by Crippen LogP contribution is 2.41. The van der Waals surface area contributed by atoms with Crippen LogP contribution in [0, 0.1) is 5.82 Å². The summed E-state index contributed by atoms with van der Waals surface area (Å²) in [7, 11) is -3.61. The molecule has 0 spiro atoms. The van der Waals surface area contributed by atoms with Crippen LogP contribution >= 0.6 is 0 Å². The maximum absolute atomic E-state index is 14.8. The molecule has 0 amide bonds. The van der Waals surface area contributed by atoms with Gasteiger partial charge in [0.25, 0.3) is 0 Å². The van der Waals surface area contributed by atoms with Crippen molar-refractivity contribution in [3.05, 3.63) is 53.2 Å². The Morgan fingerprint density at radius 2 is 2.06 bits per heavy atom. The Morgan fingerprint density at radius 1 is 1.25 bits per heavy atom. The van der Waals surface area contributed by atoms with E-state index in [1.807, 2.05) is 12.3 Å². The van der Waals surface area contributed by atoms with Crippen molar-refractivity contribution in [3.63, 3.8) is 0 Å². The lowest BCUT2D eigenvalue weighted by Crippen LogP contribution is -2.13. The van der Waals surface area contributed by atoms with Crippen LogP contribution in [0.15, 0.2) is 35.5 Å². The molecule has 3 aromatic rings. The molecule has 0 saturated heterocycles. The maximum atomic E-state index is 14.8. The summed E-state index contributed by atoms with van der Waals surface area (Å²) >= 11 is 0. The van der Waals surface area contributed by atoms with Crippen molar-refractivity contribution in [1.29, 1.82) is 0 Å². The normalized spacial score (nSPS) is 22.2. The summed E-state index contributed by atoms with van der Waals surface area (Å²) in [5.74, 6) is 0.254. The zero-order valence-electron chi connectivity index (χ0n) is 18.3. The van der Waals surface area contributed by atoms with Crippen molar-refractivity contribution in [2.24, 2.45) is 0 Å². The molecule has 3 heterocycles. The van der Waals surface area contributed by atoms with Gasteiger partial charge in [0.2, 0.25) is 10.0 Å². The quantitative estimate of drug-likeness (QED) is 0.546. The van der Waals surface area contributed by atoms with Crippen molar-refractivity contribution < 1.29 is 12.8 Å². The summed E-state index contributed by atoms with van der Waals surface area (Å²) in [5.41, 5.74) is 2.67. The van der Waals surface area contributed by atoms with Crippen LogP contribution in [0.25, 0.3) is 0 Å². The van der Waals surface area contributed by atoms with E-state index < -0.39 is 15.8 Å². The molecule has 0 unspecified atom stereocenters. The first-order chi connectivity index (χ1) is 15.1. The lowest BCUT2D eigenvalue weighted by Gasteiger charge is -2.16. The van der Waals surface area contributed by atoms with E-state index in [2.05, 4.69) is 57.0 Å². The number of nitrogens with one attached hydrogen (secondary N) is 3. The molecule has 10 heteroatoms. The minimum absolute atomic E-state index is 0.00602. The SMILES string of the molecule is CC(C)(C)c1cnn([C@@H]2CC[C@H](c3cc(Nc4ccc5c(c4F)CNS5(=O)=O)n[nH]3)C2)c1. The zero-order chi connectivity index (χ0) is 22.7. The molecule has 1 aliphatic carbocycles. The summed E-state index contributed by atoms with van der Waals surface area (Å²) in [5, 5.41) is 14.9. The second-order valence-corrected chi connectivity index (χ2v) is 11.4. The highest BCUT2D eigenvalue weighted by Gasteiger charge is 2.31. The Balaban J connectivity index is 1.29. The predicted octanol–water partition coefficient (Wildman–Crippen LogP) is 4.09. The first-order valence-electron chi connectivity index (χ1n) is 10.8. The van der Waals surface area contributed by atoms with Crippen LogP contribution in [-0.2, 0) is 22.0 Å². The number of nitrogens with zero attached hydrogens (tertiary/aromatic N) is 3. The third-order valence-electron chi connectivity index (χ3n) is 6.48. The number of H-pyrrole nitrogens is 1. The van der Waals surface area contributed by atoms with E-state index in [0.717, 1.165) is 25.0 Å². The molecular formula is C22H27FN6O2S.